The number of likely N-dealkylation sites (N-methyl/N-ethyl adjacent to an activating group) is 1. The number of rotatable bonds is 8. The van der Waals surface area contributed by atoms with Gasteiger partial charge in [-0.25, -0.2) is 8.42 Å². The Balaban J connectivity index is 1.93. The molecule has 3 rings (SSSR count). The van der Waals surface area contributed by atoms with Crippen molar-refractivity contribution >= 4 is 44.8 Å². The second-order valence-electron chi connectivity index (χ2n) is 6.97. The third-order valence-electron chi connectivity index (χ3n) is 4.88. The van der Waals surface area contributed by atoms with Crippen LogP contribution in [0.15, 0.2) is 77.7 Å². The molecule has 9 heteroatoms. The maximum absolute atomic E-state index is 13.4. The highest BCUT2D eigenvalue weighted by molar-refractivity contribution is 7.89. The van der Waals surface area contributed by atoms with Crippen LogP contribution in [0.4, 0.5) is 5.69 Å². The highest BCUT2D eigenvalue weighted by atomic mass is 35.5. The Morgan fingerprint density at radius 2 is 1.66 bits per heavy atom. The van der Waals surface area contributed by atoms with Gasteiger partial charge in [0.15, 0.2) is 0 Å². The van der Waals surface area contributed by atoms with Crippen LogP contribution in [-0.4, -0.2) is 39.3 Å². The molecular formula is C23H22Cl2N2O4S. The van der Waals surface area contributed by atoms with Gasteiger partial charge in [0.05, 0.1) is 18.6 Å². The summed E-state index contributed by atoms with van der Waals surface area (Å²) in [5, 5.41) is 0.827. The minimum absolute atomic E-state index is 0.0331. The van der Waals surface area contributed by atoms with Gasteiger partial charge in [0.25, 0.3) is 0 Å². The topological polar surface area (TPSA) is 66.9 Å². The van der Waals surface area contributed by atoms with Gasteiger partial charge in [0, 0.05) is 35.4 Å². The van der Waals surface area contributed by atoms with Crippen LogP contribution in [0.1, 0.15) is 5.56 Å². The molecule has 0 atom stereocenters. The van der Waals surface area contributed by atoms with Crippen LogP contribution in [0.25, 0.3) is 0 Å². The Kier molecular flexibility index (Phi) is 7.79. The number of hydrogen-bond acceptors (Lipinski definition) is 4. The number of amides is 1. The first-order valence-corrected chi connectivity index (χ1v) is 11.8. The molecule has 0 saturated heterocycles. The second-order valence-corrected chi connectivity index (χ2v) is 9.75. The number of carbonyl (C=O) groups excluding carboxylic acids is 1. The summed E-state index contributed by atoms with van der Waals surface area (Å²) in [7, 11) is -0.897. The van der Waals surface area contributed by atoms with Crippen molar-refractivity contribution in [3.63, 3.8) is 0 Å². The van der Waals surface area contributed by atoms with Crippen molar-refractivity contribution in [1.82, 2.24) is 4.31 Å². The number of benzene rings is 3. The van der Waals surface area contributed by atoms with Crippen molar-refractivity contribution in [3.05, 3.63) is 88.4 Å². The van der Waals surface area contributed by atoms with Crippen LogP contribution in [0.3, 0.4) is 0 Å². The molecule has 0 saturated carbocycles. The fourth-order valence-corrected chi connectivity index (χ4v) is 4.71. The van der Waals surface area contributed by atoms with Gasteiger partial charge in [-0.2, -0.15) is 4.31 Å². The normalized spacial score (nSPS) is 11.4. The third kappa shape index (κ3) is 5.61. The molecule has 0 aliphatic rings. The van der Waals surface area contributed by atoms with E-state index in [1.807, 2.05) is 0 Å². The standard InChI is InChI=1S/C23H22Cl2N2O4S/c1-26(19-7-5-8-20(14-19)31-2)23(28)16-27(15-17-6-3-4-9-22(17)25)32(29,30)21-12-10-18(24)11-13-21/h3-14H,15-16H2,1-2H3. The highest BCUT2D eigenvalue weighted by Crippen LogP contribution is 2.25. The number of ether oxygens (including phenoxy) is 1. The molecule has 32 heavy (non-hydrogen) atoms. The molecule has 1 amide bonds. The Morgan fingerprint density at radius 3 is 2.31 bits per heavy atom. The maximum atomic E-state index is 13.4. The first-order valence-electron chi connectivity index (χ1n) is 9.62. The van der Waals surface area contributed by atoms with E-state index in [1.165, 1.54) is 36.3 Å². The van der Waals surface area contributed by atoms with Gasteiger partial charge in [0.2, 0.25) is 15.9 Å². The average Bonchev–Trinajstić information content (AvgIpc) is 2.79. The summed E-state index contributed by atoms with van der Waals surface area (Å²) < 4.78 is 33.1. The van der Waals surface area contributed by atoms with E-state index in [0.29, 0.717) is 27.0 Å². The first kappa shape index (κ1) is 24.1. The van der Waals surface area contributed by atoms with Crippen molar-refractivity contribution in [3.8, 4) is 5.75 Å². The maximum Gasteiger partial charge on any atom is 0.243 e. The molecule has 0 aliphatic heterocycles. The number of anilines is 1. The number of halogens is 2. The fourth-order valence-electron chi connectivity index (χ4n) is 3.02. The van der Waals surface area contributed by atoms with Crippen LogP contribution in [0.2, 0.25) is 10.0 Å². The van der Waals surface area contributed by atoms with E-state index in [0.717, 1.165) is 4.31 Å². The lowest BCUT2D eigenvalue weighted by Crippen LogP contribution is -2.41. The molecule has 0 radical (unpaired) electrons. The van der Waals surface area contributed by atoms with Crippen molar-refractivity contribution < 1.29 is 17.9 Å². The summed E-state index contributed by atoms with van der Waals surface area (Å²) >= 11 is 12.2. The molecule has 0 fully saturated rings. The van der Waals surface area contributed by atoms with Gasteiger partial charge in [-0.1, -0.05) is 47.5 Å². The molecule has 0 aromatic heterocycles. The van der Waals surface area contributed by atoms with Crippen LogP contribution in [0.5, 0.6) is 5.75 Å². The Bertz CT molecular complexity index is 1200. The molecule has 3 aromatic carbocycles. The zero-order valence-corrected chi connectivity index (χ0v) is 19.9. The van der Waals surface area contributed by atoms with Gasteiger partial charge in [0.1, 0.15) is 5.75 Å². The molecule has 0 spiro atoms. The lowest BCUT2D eigenvalue weighted by Gasteiger charge is -2.25. The van der Waals surface area contributed by atoms with Gasteiger partial charge < -0.3 is 9.64 Å². The van der Waals surface area contributed by atoms with E-state index in [2.05, 4.69) is 0 Å². The van der Waals surface area contributed by atoms with E-state index in [9.17, 15) is 13.2 Å². The largest absolute Gasteiger partial charge is 0.497 e. The molecule has 0 aliphatic carbocycles. The van der Waals surface area contributed by atoms with Crippen molar-refractivity contribution in [2.75, 3.05) is 25.6 Å². The number of hydrogen-bond donors (Lipinski definition) is 0. The Hall–Kier alpha value is -2.58. The predicted octanol–water partition coefficient (Wildman–Crippen LogP) is 4.86. The van der Waals surface area contributed by atoms with Crippen molar-refractivity contribution in [2.45, 2.75) is 11.4 Å². The summed E-state index contributed by atoms with van der Waals surface area (Å²) in [4.78, 5) is 14.5. The van der Waals surface area contributed by atoms with Crippen LogP contribution in [-0.2, 0) is 21.4 Å². The SMILES string of the molecule is COc1cccc(N(C)C(=O)CN(Cc2ccccc2Cl)S(=O)(=O)c2ccc(Cl)cc2)c1. The monoisotopic (exact) mass is 492 g/mol. The fraction of sp³-hybridized carbons (Fsp3) is 0.174. The van der Waals surface area contributed by atoms with E-state index in [4.69, 9.17) is 27.9 Å². The Labute approximate surface area is 198 Å². The Morgan fingerprint density at radius 1 is 0.969 bits per heavy atom. The number of methoxy groups -OCH3 is 1. The van der Waals surface area contributed by atoms with Gasteiger partial charge in [-0.15, -0.1) is 0 Å². The molecule has 0 N–H and O–H groups in total. The quantitative estimate of drug-likeness (QED) is 0.450. The average molecular weight is 493 g/mol. The summed E-state index contributed by atoms with van der Waals surface area (Å²) in [6.07, 6.45) is 0. The number of carbonyl (C=O) groups is 1. The van der Waals surface area contributed by atoms with Crippen LogP contribution in [0, 0.1) is 0 Å². The van der Waals surface area contributed by atoms with E-state index in [1.54, 1.807) is 55.6 Å². The molecular weight excluding hydrogens is 471 g/mol. The molecule has 168 valence electrons. The molecule has 3 aromatic rings. The van der Waals surface area contributed by atoms with E-state index in [-0.39, 0.29) is 18.0 Å². The van der Waals surface area contributed by atoms with Crippen LogP contribution >= 0.6 is 23.2 Å². The summed E-state index contributed by atoms with van der Waals surface area (Å²) in [6.45, 7) is -0.452. The van der Waals surface area contributed by atoms with Gasteiger partial charge in [-0.05, 0) is 48.0 Å². The third-order valence-corrected chi connectivity index (χ3v) is 7.31. The van der Waals surface area contributed by atoms with Crippen molar-refractivity contribution in [2.24, 2.45) is 0 Å². The minimum atomic E-state index is -4.01. The van der Waals surface area contributed by atoms with Gasteiger partial charge >= 0.3 is 0 Å². The lowest BCUT2D eigenvalue weighted by molar-refractivity contribution is -0.118. The van der Waals surface area contributed by atoms with E-state index < -0.39 is 15.9 Å². The van der Waals surface area contributed by atoms with Crippen molar-refractivity contribution in [1.29, 1.82) is 0 Å². The first-order chi connectivity index (χ1) is 15.2. The zero-order valence-electron chi connectivity index (χ0n) is 17.5. The molecule has 0 heterocycles. The molecule has 0 unspecified atom stereocenters. The van der Waals surface area contributed by atoms with Gasteiger partial charge in [-0.3, -0.25) is 4.79 Å². The van der Waals surface area contributed by atoms with E-state index >= 15 is 0 Å². The molecule has 6 nitrogen and oxygen atoms in total. The summed E-state index contributed by atoms with van der Waals surface area (Å²) in [6, 6.07) is 19.7. The zero-order chi connectivity index (χ0) is 23.3. The second kappa shape index (κ2) is 10.4. The number of nitrogens with zero attached hydrogens (tertiary/aromatic N) is 2. The smallest absolute Gasteiger partial charge is 0.243 e. The minimum Gasteiger partial charge on any atom is -0.497 e. The predicted molar refractivity (Wildman–Crippen MR) is 127 cm³/mol. The number of sulfonamides is 1. The highest BCUT2D eigenvalue weighted by Gasteiger charge is 2.29. The van der Waals surface area contributed by atoms with Crippen LogP contribution < -0.4 is 9.64 Å². The summed E-state index contributed by atoms with van der Waals surface area (Å²) in [5.41, 5.74) is 1.17. The lowest BCUT2D eigenvalue weighted by atomic mass is 10.2. The summed E-state index contributed by atoms with van der Waals surface area (Å²) in [5.74, 6) is 0.173. The molecule has 0 bridgehead atoms.